The number of halogens is 1. The minimum Gasteiger partial charge on any atom is -0.311 e. The molecule has 2 heterocycles. The summed E-state index contributed by atoms with van der Waals surface area (Å²) in [5, 5.41) is 0. The van der Waals surface area contributed by atoms with E-state index in [0.717, 1.165) is 32.7 Å². The Kier molecular flexibility index (Phi) is 3.34. The SMILES string of the molecule is O=C1CC(CS)CN1c1ccc2ncsc2c1Br. The summed E-state index contributed by atoms with van der Waals surface area (Å²) in [7, 11) is 0. The highest BCUT2D eigenvalue weighted by Crippen LogP contribution is 2.38. The fourth-order valence-electron chi connectivity index (χ4n) is 2.23. The average molecular weight is 343 g/mol. The van der Waals surface area contributed by atoms with Gasteiger partial charge in [0.1, 0.15) is 0 Å². The number of fused-ring (bicyclic) bond motifs is 1. The van der Waals surface area contributed by atoms with E-state index in [2.05, 4.69) is 33.5 Å². The van der Waals surface area contributed by atoms with Crippen LogP contribution in [0.5, 0.6) is 0 Å². The van der Waals surface area contributed by atoms with Crippen molar-refractivity contribution in [3.63, 3.8) is 0 Å². The summed E-state index contributed by atoms with van der Waals surface area (Å²) in [5.74, 6) is 1.28. The molecule has 1 aromatic carbocycles. The Bertz CT molecular complexity index is 613. The summed E-state index contributed by atoms with van der Waals surface area (Å²) >= 11 is 9.47. The molecule has 6 heteroatoms. The van der Waals surface area contributed by atoms with E-state index in [4.69, 9.17) is 0 Å². The maximum atomic E-state index is 12.0. The van der Waals surface area contributed by atoms with Crippen LogP contribution >= 0.6 is 39.9 Å². The van der Waals surface area contributed by atoms with Gasteiger partial charge in [-0.25, -0.2) is 4.98 Å². The minimum atomic E-state index is 0.179. The molecule has 0 saturated carbocycles. The highest BCUT2D eigenvalue weighted by Gasteiger charge is 2.31. The molecular formula is C12H11BrN2OS2. The Hall–Kier alpha value is -0.590. The van der Waals surface area contributed by atoms with Crippen molar-refractivity contribution in [3.8, 4) is 0 Å². The third kappa shape index (κ3) is 1.96. The Morgan fingerprint density at radius 1 is 1.56 bits per heavy atom. The molecule has 94 valence electrons. The molecule has 0 radical (unpaired) electrons. The molecule has 0 aliphatic carbocycles. The van der Waals surface area contributed by atoms with E-state index in [0.29, 0.717) is 12.3 Å². The summed E-state index contributed by atoms with van der Waals surface area (Å²) in [5.41, 5.74) is 3.73. The van der Waals surface area contributed by atoms with Crippen LogP contribution in [0.1, 0.15) is 6.42 Å². The molecule has 1 aromatic heterocycles. The van der Waals surface area contributed by atoms with Gasteiger partial charge in [-0.2, -0.15) is 12.6 Å². The van der Waals surface area contributed by atoms with E-state index in [-0.39, 0.29) is 5.91 Å². The van der Waals surface area contributed by atoms with E-state index in [1.807, 2.05) is 22.5 Å². The molecule has 0 spiro atoms. The number of carbonyl (C=O) groups is 1. The summed E-state index contributed by atoms with van der Waals surface area (Å²) in [6.45, 7) is 0.755. The lowest BCUT2D eigenvalue weighted by atomic mass is 10.1. The minimum absolute atomic E-state index is 0.179. The van der Waals surface area contributed by atoms with Crippen LogP contribution in [0.2, 0.25) is 0 Å². The molecule has 3 nitrogen and oxygen atoms in total. The number of carbonyl (C=O) groups excluding carboxylic acids is 1. The standard InChI is InChI=1S/C12H11BrN2OS2/c13-11-9(2-1-8-12(11)18-6-14-8)15-4-7(5-17)3-10(15)16/h1-2,6-7,17H,3-5H2. The Morgan fingerprint density at radius 2 is 2.39 bits per heavy atom. The lowest BCUT2D eigenvalue weighted by molar-refractivity contribution is -0.117. The van der Waals surface area contributed by atoms with Crippen LogP contribution < -0.4 is 4.90 Å². The monoisotopic (exact) mass is 342 g/mol. The van der Waals surface area contributed by atoms with E-state index in [9.17, 15) is 4.79 Å². The molecule has 2 aromatic rings. The van der Waals surface area contributed by atoms with E-state index in [1.165, 1.54) is 0 Å². The lowest BCUT2D eigenvalue weighted by Gasteiger charge is -2.18. The van der Waals surface area contributed by atoms with Crippen LogP contribution in [0.4, 0.5) is 5.69 Å². The van der Waals surface area contributed by atoms with Crippen molar-refractivity contribution in [2.45, 2.75) is 6.42 Å². The number of hydrogen-bond donors (Lipinski definition) is 1. The molecule has 0 N–H and O–H groups in total. The van der Waals surface area contributed by atoms with Crippen molar-refractivity contribution in [1.29, 1.82) is 0 Å². The quantitative estimate of drug-likeness (QED) is 0.849. The van der Waals surface area contributed by atoms with Crippen LogP contribution in [0.25, 0.3) is 10.2 Å². The number of rotatable bonds is 2. The molecule has 1 atom stereocenters. The maximum Gasteiger partial charge on any atom is 0.227 e. The van der Waals surface area contributed by atoms with Crippen molar-refractivity contribution in [2.24, 2.45) is 5.92 Å². The van der Waals surface area contributed by atoms with Crippen molar-refractivity contribution in [3.05, 3.63) is 22.1 Å². The first-order valence-corrected chi connectivity index (χ1v) is 7.94. The third-order valence-corrected chi connectivity index (χ3v) is 5.61. The molecule has 3 rings (SSSR count). The van der Waals surface area contributed by atoms with Gasteiger partial charge < -0.3 is 4.90 Å². The second-order valence-electron chi connectivity index (χ2n) is 4.36. The normalized spacial score (nSPS) is 20.0. The summed E-state index contributed by atoms with van der Waals surface area (Å²) < 4.78 is 2.06. The predicted molar refractivity (Wildman–Crippen MR) is 81.6 cm³/mol. The van der Waals surface area contributed by atoms with Gasteiger partial charge in [0.05, 0.1) is 25.9 Å². The molecule has 1 aliphatic rings. The van der Waals surface area contributed by atoms with Crippen LogP contribution in [-0.4, -0.2) is 23.2 Å². The number of aromatic nitrogens is 1. The van der Waals surface area contributed by atoms with Crippen LogP contribution in [0, 0.1) is 5.92 Å². The van der Waals surface area contributed by atoms with Gasteiger partial charge in [0.25, 0.3) is 0 Å². The van der Waals surface area contributed by atoms with Gasteiger partial charge in [0.15, 0.2) is 0 Å². The Labute approximate surface area is 123 Å². The second-order valence-corrected chi connectivity index (χ2v) is 6.37. The molecule has 1 fully saturated rings. The van der Waals surface area contributed by atoms with Gasteiger partial charge in [0.2, 0.25) is 5.91 Å². The first kappa shape index (κ1) is 12.4. The van der Waals surface area contributed by atoms with E-state index < -0.39 is 0 Å². The fraction of sp³-hybridized carbons (Fsp3) is 0.333. The number of nitrogens with zero attached hydrogens (tertiary/aromatic N) is 2. The van der Waals surface area contributed by atoms with Gasteiger partial charge in [-0.3, -0.25) is 4.79 Å². The molecule has 1 saturated heterocycles. The topological polar surface area (TPSA) is 33.2 Å². The molecule has 18 heavy (non-hydrogen) atoms. The summed E-state index contributed by atoms with van der Waals surface area (Å²) in [6, 6.07) is 3.93. The van der Waals surface area contributed by atoms with Crippen LogP contribution in [-0.2, 0) is 4.79 Å². The average Bonchev–Trinajstić information content (AvgIpc) is 2.96. The lowest BCUT2D eigenvalue weighted by Crippen LogP contribution is -2.25. The molecule has 1 amide bonds. The predicted octanol–water partition coefficient (Wildman–Crippen LogP) is 3.34. The highest BCUT2D eigenvalue weighted by molar-refractivity contribution is 9.10. The van der Waals surface area contributed by atoms with Crippen LogP contribution in [0.15, 0.2) is 22.1 Å². The van der Waals surface area contributed by atoms with Crippen molar-refractivity contribution >= 4 is 61.7 Å². The maximum absolute atomic E-state index is 12.0. The third-order valence-electron chi connectivity index (χ3n) is 3.17. The Balaban J connectivity index is 2.04. The van der Waals surface area contributed by atoms with Gasteiger partial charge in [0, 0.05) is 13.0 Å². The van der Waals surface area contributed by atoms with Gasteiger partial charge in [-0.05, 0) is 39.7 Å². The molecule has 0 bridgehead atoms. The van der Waals surface area contributed by atoms with Gasteiger partial charge >= 0.3 is 0 Å². The number of anilines is 1. The van der Waals surface area contributed by atoms with Gasteiger partial charge in [-0.15, -0.1) is 11.3 Å². The number of hydrogen-bond acceptors (Lipinski definition) is 4. The van der Waals surface area contributed by atoms with Crippen molar-refractivity contribution in [2.75, 3.05) is 17.2 Å². The van der Waals surface area contributed by atoms with Gasteiger partial charge in [-0.1, -0.05) is 0 Å². The van der Waals surface area contributed by atoms with E-state index in [1.54, 1.807) is 11.3 Å². The zero-order valence-corrected chi connectivity index (χ0v) is 12.8. The first-order chi connectivity index (χ1) is 8.70. The molecule has 1 aliphatic heterocycles. The molecular weight excluding hydrogens is 332 g/mol. The second kappa shape index (κ2) is 4.83. The highest BCUT2D eigenvalue weighted by atomic mass is 79.9. The zero-order valence-electron chi connectivity index (χ0n) is 9.47. The smallest absolute Gasteiger partial charge is 0.227 e. The number of thiol groups is 1. The largest absolute Gasteiger partial charge is 0.311 e. The zero-order chi connectivity index (χ0) is 12.7. The number of benzene rings is 1. The van der Waals surface area contributed by atoms with Crippen molar-refractivity contribution < 1.29 is 4.79 Å². The first-order valence-electron chi connectivity index (χ1n) is 5.63. The number of amides is 1. The van der Waals surface area contributed by atoms with E-state index >= 15 is 0 Å². The van der Waals surface area contributed by atoms with Crippen molar-refractivity contribution in [1.82, 2.24) is 4.98 Å². The molecule has 1 unspecified atom stereocenters. The Morgan fingerprint density at radius 3 is 3.11 bits per heavy atom. The fourth-order valence-corrected chi connectivity index (χ4v) is 4.03. The summed E-state index contributed by atoms with van der Waals surface area (Å²) in [6.07, 6.45) is 0.594. The number of thiazole rings is 1. The van der Waals surface area contributed by atoms with Crippen LogP contribution in [0.3, 0.4) is 0 Å². The summed E-state index contributed by atoms with van der Waals surface area (Å²) in [4.78, 5) is 18.2.